The van der Waals surface area contributed by atoms with Crippen LogP contribution in [0.5, 0.6) is 0 Å². The topological polar surface area (TPSA) is 68.7 Å². The summed E-state index contributed by atoms with van der Waals surface area (Å²) < 4.78 is 0. The van der Waals surface area contributed by atoms with E-state index in [1.54, 1.807) is 11.1 Å². The Bertz CT molecular complexity index is 793. The number of nitrogens with zero attached hydrogens (tertiary/aromatic N) is 3. The Morgan fingerprint density at radius 2 is 2.17 bits per heavy atom. The van der Waals surface area contributed by atoms with E-state index in [1.165, 1.54) is 0 Å². The maximum absolute atomic E-state index is 12.4. The van der Waals surface area contributed by atoms with Gasteiger partial charge >= 0.3 is 0 Å². The molecule has 124 valence electrons. The van der Waals surface area contributed by atoms with E-state index in [9.17, 15) is 9.90 Å². The third-order valence-electron chi connectivity index (χ3n) is 4.92. The van der Waals surface area contributed by atoms with Gasteiger partial charge in [-0.2, -0.15) is 0 Å². The van der Waals surface area contributed by atoms with Crippen molar-refractivity contribution in [3.8, 4) is 0 Å². The lowest BCUT2D eigenvalue weighted by Crippen LogP contribution is -2.31. The summed E-state index contributed by atoms with van der Waals surface area (Å²) in [6.07, 6.45) is 3.64. The summed E-state index contributed by atoms with van der Waals surface area (Å²) in [7, 11) is 2.03. The van der Waals surface area contributed by atoms with E-state index in [0.29, 0.717) is 6.54 Å². The number of nitrogens with one attached hydrogen (secondary N) is 1. The van der Waals surface area contributed by atoms with Gasteiger partial charge in [-0.1, -0.05) is 6.07 Å². The highest BCUT2D eigenvalue weighted by Gasteiger charge is 2.37. The first-order chi connectivity index (χ1) is 11.6. The monoisotopic (exact) mass is 324 g/mol. The third kappa shape index (κ3) is 2.06. The Kier molecular flexibility index (Phi) is 3.42. The number of fused-ring (bicyclic) bond motifs is 2. The van der Waals surface area contributed by atoms with Crippen molar-refractivity contribution in [2.75, 3.05) is 35.3 Å². The van der Waals surface area contributed by atoms with Crippen LogP contribution in [0.3, 0.4) is 0 Å². The van der Waals surface area contributed by atoms with Gasteiger partial charge in [-0.25, -0.2) is 0 Å². The molecule has 2 N–H and O–H groups in total. The summed E-state index contributed by atoms with van der Waals surface area (Å²) in [5, 5.41) is 12.8. The Balaban J connectivity index is 1.75. The predicted octanol–water partition coefficient (Wildman–Crippen LogP) is 2.08. The number of aliphatic hydroxyl groups is 1. The molecule has 2 atom stereocenters. The van der Waals surface area contributed by atoms with Crippen LogP contribution in [0, 0.1) is 0 Å². The van der Waals surface area contributed by atoms with Gasteiger partial charge in [0.05, 0.1) is 23.9 Å². The van der Waals surface area contributed by atoms with Crippen molar-refractivity contribution in [2.45, 2.75) is 19.0 Å². The van der Waals surface area contributed by atoms with Crippen LogP contribution in [0.1, 0.15) is 30.1 Å². The lowest BCUT2D eigenvalue weighted by molar-refractivity contribution is -0.119. The number of anilines is 3. The number of rotatable bonds is 3. The normalized spacial score (nSPS) is 21.7. The molecule has 6 heteroatoms. The van der Waals surface area contributed by atoms with E-state index in [0.717, 1.165) is 28.2 Å². The van der Waals surface area contributed by atoms with E-state index in [1.807, 2.05) is 38.4 Å². The molecular weight excluding hydrogens is 304 g/mol. The molecule has 1 aromatic heterocycles. The van der Waals surface area contributed by atoms with Gasteiger partial charge in [-0.15, -0.1) is 0 Å². The van der Waals surface area contributed by atoms with Gasteiger partial charge in [-0.3, -0.25) is 9.78 Å². The lowest BCUT2D eigenvalue weighted by Gasteiger charge is -2.23. The molecule has 2 aliphatic heterocycles. The Morgan fingerprint density at radius 1 is 1.33 bits per heavy atom. The number of benzene rings is 1. The van der Waals surface area contributed by atoms with Crippen LogP contribution in [0.4, 0.5) is 17.1 Å². The largest absolute Gasteiger partial charge is 0.395 e. The number of amides is 1. The fraction of sp³-hybridized carbons (Fsp3) is 0.333. The predicted molar refractivity (Wildman–Crippen MR) is 93.3 cm³/mol. The lowest BCUT2D eigenvalue weighted by atomic mass is 10.0. The minimum atomic E-state index is -0.179. The molecule has 0 radical (unpaired) electrons. The Morgan fingerprint density at radius 3 is 2.88 bits per heavy atom. The maximum atomic E-state index is 12.4. The number of aromatic nitrogens is 1. The highest BCUT2D eigenvalue weighted by Crippen LogP contribution is 2.47. The van der Waals surface area contributed by atoms with Crippen LogP contribution in [0.25, 0.3) is 0 Å². The molecule has 4 rings (SSSR count). The number of carbonyl (C=O) groups is 1. The fourth-order valence-electron chi connectivity index (χ4n) is 3.63. The summed E-state index contributed by atoms with van der Waals surface area (Å²) in [5.41, 5.74) is 5.08. The minimum absolute atomic E-state index is 0.0218. The molecule has 2 aromatic rings. The molecular formula is C18H20N4O2. The summed E-state index contributed by atoms with van der Waals surface area (Å²) in [6, 6.07) is 8.09. The first kappa shape index (κ1) is 15.0. The van der Waals surface area contributed by atoms with Gasteiger partial charge in [0.1, 0.15) is 6.17 Å². The van der Waals surface area contributed by atoms with Crippen molar-refractivity contribution in [1.29, 1.82) is 0 Å². The number of hydrogen-bond acceptors (Lipinski definition) is 5. The molecule has 0 bridgehead atoms. The highest BCUT2D eigenvalue weighted by molar-refractivity contribution is 6.06. The molecule has 0 fully saturated rings. The third-order valence-corrected chi connectivity index (χ3v) is 4.92. The second kappa shape index (κ2) is 5.49. The van der Waals surface area contributed by atoms with Crippen LogP contribution in [0.2, 0.25) is 0 Å². The molecule has 1 aromatic carbocycles. The minimum Gasteiger partial charge on any atom is -0.395 e. The van der Waals surface area contributed by atoms with Crippen molar-refractivity contribution in [3.63, 3.8) is 0 Å². The van der Waals surface area contributed by atoms with E-state index in [4.69, 9.17) is 0 Å². The van der Waals surface area contributed by atoms with Gasteiger partial charge in [0.25, 0.3) is 0 Å². The van der Waals surface area contributed by atoms with Crippen molar-refractivity contribution in [2.24, 2.45) is 0 Å². The molecule has 2 unspecified atom stereocenters. The van der Waals surface area contributed by atoms with Crippen LogP contribution < -0.4 is 15.1 Å². The number of hydrogen-bond donors (Lipinski definition) is 2. The summed E-state index contributed by atoms with van der Waals surface area (Å²) in [5.74, 6) is -0.129. The van der Waals surface area contributed by atoms with Crippen molar-refractivity contribution in [3.05, 3.63) is 47.8 Å². The van der Waals surface area contributed by atoms with Gasteiger partial charge in [0.15, 0.2) is 0 Å². The molecule has 0 saturated heterocycles. The van der Waals surface area contributed by atoms with E-state index < -0.39 is 0 Å². The van der Waals surface area contributed by atoms with Gasteiger partial charge < -0.3 is 20.2 Å². The smallest absolute Gasteiger partial charge is 0.234 e. The standard InChI is InChI=1S/C18H20N4O2/c1-11-13-8-14-16(9-15(13)22(6-7-23)18(11)24)21(2)17(20-14)12-4-3-5-19-10-12/h3-5,8-11,17,20,23H,6-7H2,1-2H3. The Hall–Kier alpha value is -2.60. The summed E-state index contributed by atoms with van der Waals surface area (Å²) in [4.78, 5) is 20.5. The molecule has 24 heavy (non-hydrogen) atoms. The molecule has 0 spiro atoms. The molecule has 1 amide bonds. The van der Waals surface area contributed by atoms with Gasteiger partial charge in [-0.05, 0) is 30.7 Å². The van der Waals surface area contributed by atoms with Gasteiger partial charge in [0, 0.05) is 37.2 Å². The second-order valence-electron chi connectivity index (χ2n) is 6.31. The number of aliphatic hydroxyl groups excluding tert-OH is 1. The number of carbonyl (C=O) groups excluding carboxylic acids is 1. The van der Waals surface area contributed by atoms with Gasteiger partial charge in [0.2, 0.25) is 5.91 Å². The average Bonchev–Trinajstić information content (AvgIpc) is 3.05. The number of pyridine rings is 1. The quantitative estimate of drug-likeness (QED) is 0.905. The molecule has 0 aliphatic carbocycles. The van der Waals surface area contributed by atoms with Crippen molar-refractivity contribution in [1.82, 2.24) is 4.98 Å². The number of β-amino-alcohol motifs (C(OH)–C–C–N with tert-alkyl or cyclic N) is 1. The SMILES string of the molecule is CC1C(=O)N(CCO)c2cc3c(cc21)NC(c1cccnc1)N3C. The van der Waals surface area contributed by atoms with Crippen LogP contribution in [-0.2, 0) is 4.79 Å². The van der Waals surface area contributed by atoms with E-state index >= 15 is 0 Å². The first-order valence-corrected chi connectivity index (χ1v) is 8.11. The molecule has 6 nitrogen and oxygen atoms in total. The molecule has 3 heterocycles. The summed E-state index contributed by atoms with van der Waals surface area (Å²) in [6.45, 7) is 2.21. The zero-order valence-electron chi connectivity index (χ0n) is 13.7. The fourth-order valence-corrected chi connectivity index (χ4v) is 3.63. The zero-order chi connectivity index (χ0) is 16.8. The average molecular weight is 324 g/mol. The van der Waals surface area contributed by atoms with Crippen molar-refractivity contribution < 1.29 is 9.90 Å². The van der Waals surface area contributed by atoms with Crippen LogP contribution >= 0.6 is 0 Å². The van der Waals surface area contributed by atoms with Crippen LogP contribution in [-0.4, -0.2) is 36.2 Å². The molecule has 0 saturated carbocycles. The zero-order valence-corrected chi connectivity index (χ0v) is 13.7. The Labute approximate surface area is 140 Å². The highest BCUT2D eigenvalue weighted by atomic mass is 16.3. The van der Waals surface area contributed by atoms with Crippen molar-refractivity contribution >= 4 is 23.0 Å². The van der Waals surface area contributed by atoms with Crippen LogP contribution in [0.15, 0.2) is 36.7 Å². The van der Waals surface area contributed by atoms with E-state index in [-0.39, 0.29) is 24.6 Å². The second-order valence-corrected chi connectivity index (χ2v) is 6.31. The summed E-state index contributed by atoms with van der Waals surface area (Å²) >= 11 is 0. The first-order valence-electron chi connectivity index (χ1n) is 8.11. The van der Waals surface area contributed by atoms with E-state index in [2.05, 4.69) is 21.3 Å². The maximum Gasteiger partial charge on any atom is 0.234 e. The molecule has 2 aliphatic rings.